The second-order valence-corrected chi connectivity index (χ2v) is 3.38. The normalized spacial score (nSPS) is 10.1. The van der Waals surface area contributed by atoms with Gasteiger partial charge in [-0.15, -0.1) is 0 Å². The highest BCUT2D eigenvalue weighted by Gasteiger charge is 2.04. The third-order valence-electron chi connectivity index (χ3n) is 2.32. The predicted octanol–water partition coefficient (Wildman–Crippen LogP) is -0.765. The van der Waals surface area contributed by atoms with E-state index in [4.69, 9.17) is 0 Å². The van der Waals surface area contributed by atoms with Gasteiger partial charge >= 0.3 is 5.69 Å². The number of nitrogens with one attached hydrogen (secondary N) is 2. The number of aromatic amines is 1. The standard InChI is InChI=1S/C10H15N3O3/c1-3-7-6-13(5-4-8(14)11-2)10(16)12-9(7)15/h6H,3-5H2,1-2H3,(H,11,14)(H,12,15,16). The topological polar surface area (TPSA) is 84.0 Å². The van der Waals surface area contributed by atoms with Crippen molar-refractivity contribution in [2.24, 2.45) is 0 Å². The van der Waals surface area contributed by atoms with Crippen LogP contribution in [0.1, 0.15) is 18.9 Å². The number of aromatic nitrogens is 2. The minimum atomic E-state index is -0.480. The van der Waals surface area contributed by atoms with E-state index in [1.807, 2.05) is 6.92 Å². The third kappa shape index (κ3) is 2.82. The summed E-state index contributed by atoms with van der Waals surface area (Å²) >= 11 is 0. The molecule has 6 heteroatoms. The Morgan fingerprint density at radius 1 is 1.50 bits per heavy atom. The lowest BCUT2D eigenvalue weighted by atomic mass is 10.2. The number of rotatable bonds is 4. The van der Waals surface area contributed by atoms with Gasteiger partial charge in [-0.1, -0.05) is 6.92 Å². The zero-order valence-electron chi connectivity index (χ0n) is 9.37. The quantitative estimate of drug-likeness (QED) is 0.706. The maximum Gasteiger partial charge on any atom is 0.328 e. The summed E-state index contributed by atoms with van der Waals surface area (Å²) in [4.78, 5) is 35.9. The molecule has 0 saturated heterocycles. The van der Waals surface area contributed by atoms with Crippen molar-refractivity contribution < 1.29 is 4.79 Å². The molecule has 0 aliphatic carbocycles. The number of hydrogen-bond donors (Lipinski definition) is 2. The average molecular weight is 225 g/mol. The van der Waals surface area contributed by atoms with Crippen LogP contribution in [0.2, 0.25) is 0 Å². The Balaban J connectivity index is 2.92. The Labute approximate surface area is 92.3 Å². The Morgan fingerprint density at radius 3 is 2.75 bits per heavy atom. The fourth-order valence-electron chi connectivity index (χ4n) is 1.32. The molecule has 0 aromatic carbocycles. The van der Waals surface area contributed by atoms with Crippen LogP contribution in [0, 0.1) is 0 Å². The first-order valence-corrected chi connectivity index (χ1v) is 5.11. The molecule has 0 fully saturated rings. The number of carbonyl (C=O) groups excluding carboxylic acids is 1. The minimum absolute atomic E-state index is 0.142. The highest BCUT2D eigenvalue weighted by atomic mass is 16.2. The summed E-state index contributed by atoms with van der Waals surface area (Å²) < 4.78 is 1.34. The van der Waals surface area contributed by atoms with Gasteiger partial charge in [0.15, 0.2) is 0 Å². The van der Waals surface area contributed by atoms with E-state index in [1.165, 1.54) is 17.8 Å². The summed E-state index contributed by atoms with van der Waals surface area (Å²) in [5, 5.41) is 2.47. The van der Waals surface area contributed by atoms with Crippen molar-refractivity contribution in [3.8, 4) is 0 Å². The van der Waals surface area contributed by atoms with Crippen molar-refractivity contribution in [3.05, 3.63) is 32.6 Å². The molecule has 1 amide bonds. The number of carbonyl (C=O) groups is 1. The highest BCUT2D eigenvalue weighted by Crippen LogP contribution is 1.91. The maximum absolute atomic E-state index is 11.4. The summed E-state index contributed by atoms with van der Waals surface area (Å²) in [6.07, 6.45) is 2.27. The van der Waals surface area contributed by atoms with Gasteiger partial charge in [-0.2, -0.15) is 0 Å². The first kappa shape index (κ1) is 12.2. The van der Waals surface area contributed by atoms with Gasteiger partial charge in [0.1, 0.15) is 0 Å². The van der Waals surface area contributed by atoms with Crippen LogP contribution in [0.3, 0.4) is 0 Å². The summed E-state index contributed by atoms with van der Waals surface area (Å²) in [5.74, 6) is -0.142. The van der Waals surface area contributed by atoms with E-state index in [1.54, 1.807) is 0 Å². The van der Waals surface area contributed by atoms with Crippen LogP contribution in [0.4, 0.5) is 0 Å². The maximum atomic E-state index is 11.4. The lowest BCUT2D eigenvalue weighted by Crippen LogP contribution is -2.32. The number of hydrogen-bond acceptors (Lipinski definition) is 3. The van der Waals surface area contributed by atoms with Crippen molar-refractivity contribution in [1.82, 2.24) is 14.9 Å². The second kappa shape index (κ2) is 5.29. The molecule has 0 saturated carbocycles. The molecule has 0 bridgehead atoms. The first-order valence-electron chi connectivity index (χ1n) is 5.11. The van der Waals surface area contributed by atoms with Gasteiger partial charge in [-0.3, -0.25) is 19.1 Å². The molecule has 0 unspecified atom stereocenters. The molecule has 1 rings (SSSR count). The first-order chi connectivity index (χ1) is 7.58. The lowest BCUT2D eigenvalue weighted by Gasteiger charge is -2.05. The lowest BCUT2D eigenvalue weighted by molar-refractivity contribution is -0.120. The van der Waals surface area contributed by atoms with Crippen molar-refractivity contribution in [1.29, 1.82) is 0 Å². The Kier molecular flexibility index (Phi) is 4.04. The monoisotopic (exact) mass is 225 g/mol. The van der Waals surface area contributed by atoms with Gasteiger partial charge in [0, 0.05) is 31.8 Å². The zero-order chi connectivity index (χ0) is 12.1. The van der Waals surface area contributed by atoms with Crippen molar-refractivity contribution in [3.63, 3.8) is 0 Å². The van der Waals surface area contributed by atoms with Crippen LogP contribution < -0.4 is 16.6 Å². The van der Waals surface area contributed by atoms with Crippen molar-refractivity contribution >= 4 is 5.91 Å². The van der Waals surface area contributed by atoms with Crippen LogP contribution in [-0.2, 0) is 17.8 Å². The Hall–Kier alpha value is -1.85. The molecule has 1 aromatic heterocycles. The molecule has 0 aliphatic rings. The van der Waals surface area contributed by atoms with Gasteiger partial charge in [-0.25, -0.2) is 4.79 Å². The molecule has 6 nitrogen and oxygen atoms in total. The predicted molar refractivity (Wildman–Crippen MR) is 59.4 cm³/mol. The van der Waals surface area contributed by atoms with E-state index in [0.29, 0.717) is 12.0 Å². The number of nitrogens with zero attached hydrogens (tertiary/aromatic N) is 1. The van der Waals surface area contributed by atoms with Crippen LogP contribution in [0.15, 0.2) is 15.8 Å². The van der Waals surface area contributed by atoms with Crippen LogP contribution in [-0.4, -0.2) is 22.5 Å². The van der Waals surface area contributed by atoms with Gasteiger partial charge in [-0.05, 0) is 6.42 Å². The molecule has 0 atom stereocenters. The van der Waals surface area contributed by atoms with Crippen LogP contribution in [0.5, 0.6) is 0 Å². The van der Waals surface area contributed by atoms with E-state index in [2.05, 4.69) is 10.3 Å². The minimum Gasteiger partial charge on any atom is -0.359 e. The number of amides is 1. The van der Waals surface area contributed by atoms with Gasteiger partial charge in [0.2, 0.25) is 5.91 Å². The molecule has 1 aromatic rings. The summed E-state index contributed by atoms with van der Waals surface area (Å²) in [6.45, 7) is 2.10. The van der Waals surface area contributed by atoms with Crippen LogP contribution in [0.25, 0.3) is 0 Å². The largest absolute Gasteiger partial charge is 0.359 e. The van der Waals surface area contributed by atoms with E-state index in [-0.39, 0.29) is 24.4 Å². The molecule has 2 N–H and O–H groups in total. The highest BCUT2D eigenvalue weighted by molar-refractivity contribution is 5.75. The zero-order valence-corrected chi connectivity index (χ0v) is 9.37. The fraction of sp³-hybridized carbons (Fsp3) is 0.500. The molecule has 1 heterocycles. The summed E-state index contributed by atoms with van der Waals surface area (Å²) in [5.41, 5.74) is -0.300. The molecular formula is C10H15N3O3. The second-order valence-electron chi connectivity index (χ2n) is 3.38. The molecule has 88 valence electrons. The number of H-pyrrole nitrogens is 1. The fourth-order valence-corrected chi connectivity index (χ4v) is 1.32. The van der Waals surface area contributed by atoms with Crippen LogP contribution >= 0.6 is 0 Å². The van der Waals surface area contributed by atoms with Crippen molar-refractivity contribution in [2.75, 3.05) is 7.05 Å². The van der Waals surface area contributed by atoms with Gasteiger partial charge < -0.3 is 5.32 Å². The molecular weight excluding hydrogens is 210 g/mol. The summed E-state index contributed by atoms with van der Waals surface area (Å²) in [7, 11) is 1.54. The molecule has 0 radical (unpaired) electrons. The molecule has 0 aliphatic heterocycles. The Morgan fingerprint density at radius 2 is 2.19 bits per heavy atom. The van der Waals surface area contributed by atoms with E-state index < -0.39 is 5.69 Å². The van der Waals surface area contributed by atoms with E-state index in [9.17, 15) is 14.4 Å². The third-order valence-corrected chi connectivity index (χ3v) is 2.32. The smallest absolute Gasteiger partial charge is 0.328 e. The summed E-state index contributed by atoms with van der Waals surface area (Å²) in [6, 6.07) is 0. The van der Waals surface area contributed by atoms with Gasteiger partial charge in [0.05, 0.1) is 0 Å². The average Bonchev–Trinajstić information content (AvgIpc) is 2.27. The van der Waals surface area contributed by atoms with Gasteiger partial charge in [0.25, 0.3) is 5.56 Å². The SMILES string of the molecule is CCc1cn(CCC(=O)NC)c(=O)[nH]c1=O. The number of aryl methyl sites for hydroxylation is 2. The molecule has 16 heavy (non-hydrogen) atoms. The van der Waals surface area contributed by atoms with Crippen molar-refractivity contribution in [2.45, 2.75) is 26.3 Å². The Bertz CT molecular complexity index is 487. The van der Waals surface area contributed by atoms with E-state index in [0.717, 1.165) is 0 Å². The molecule has 0 spiro atoms. The van der Waals surface area contributed by atoms with E-state index >= 15 is 0 Å².